The third kappa shape index (κ3) is 3.20. The maximum Gasteiger partial charge on any atom is 0.433 e. The number of aromatic nitrogens is 2. The number of hydrogen-bond donors (Lipinski definition) is 1. The summed E-state index contributed by atoms with van der Waals surface area (Å²) >= 11 is 15.9. The second-order valence-corrected chi connectivity index (χ2v) is 5.44. The van der Waals surface area contributed by atoms with Gasteiger partial charge in [0.1, 0.15) is 11.4 Å². The predicted octanol–water partition coefficient (Wildman–Crippen LogP) is 4.06. The molecule has 2 aromatic rings. The smallest absolute Gasteiger partial charge is 0.287 e. The predicted molar refractivity (Wildman–Crippen MR) is 77.2 cm³/mol. The zero-order chi connectivity index (χ0) is 15.9. The van der Waals surface area contributed by atoms with E-state index < -0.39 is 17.3 Å². The maximum absolute atomic E-state index is 12.7. The Hall–Kier alpha value is -1.18. The van der Waals surface area contributed by atoms with Gasteiger partial charge in [0.05, 0.1) is 10.0 Å². The van der Waals surface area contributed by atoms with Crippen molar-refractivity contribution in [1.82, 2.24) is 9.78 Å². The lowest BCUT2D eigenvalue weighted by atomic mass is 10.1. The lowest BCUT2D eigenvalue weighted by Crippen LogP contribution is -2.22. The normalized spacial score (nSPS) is 11.8. The van der Waals surface area contributed by atoms with Crippen molar-refractivity contribution in [3.63, 3.8) is 0 Å². The Morgan fingerprint density at radius 3 is 2.38 bits per heavy atom. The molecule has 0 saturated carbocycles. The average Bonchev–Trinajstić information content (AvgIpc) is 2.35. The van der Waals surface area contributed by atoms with Gasteiger partial charge in [0.25, 0.3) is 0 Å². The molecule has 2 rings (SSSR count). The molecule has 1 aromatic heterocycles. The van der Waals surface area contributed by atoms with Crippen LogP contribution in [0.5, 0.6) is 0 Å². The van der Waals surface area contributed by atoms with Gasteiger partial charge in [-0.15, -0.1) is 12.6 Å². The van der Waals surface area contributed by atoms with Crippen molar-refractivity contribution in [2.75, 3.05) is 0 Å². The zero-order valence-corrected chi connectivity index (χ0v) is 12.8. The van der Waals surface area contributed by atoms with Crippen LogP contribution in [0, 0.1) is 0 Å². The monoisotopic (exact) mass is 354 g/mol. The highest BCUT2D eigenvalue weighted by Gasteiger charge is 2.34. The molecule has 0 amide bonds. The number of aryl methyl sites for hydroxylation is 1. The molecule has 0 aliphatic rings. The van der Waals surface area contributed by atoms with Crippen LogP contribution in [0.25, 0.3) is 11.3 Å². The minimum absolute atomic E-state index is 0.0992. The van der Waals surface area contributed by atoms with Gasteiger partial charge in [-0.1, -0.05) is 23.2 Å². The summed E-state index contributed by atoms with van der Waals surface area (Å²) in [6.45, 7) is 0. The number of hydrogen-bond acceptors (Lipinski definition) is 3. The molecule has 0 atom stereocenters. The fourth-order valence-electron chi connectivity index (χ4n) is 1.71. The number of thiol groups is 1. The SMILES string of the molecule is Cn1nc(-c2cc(S)c(Cl)cc2Cl)c(=O)cc1C(F)(F)F. The fraction of sp³-hybridized carbons (Fsp3) is 0.167. The van der Waals surface area contributed by atoms with Crippen LogP contribution in [0.1, 0.15) is 5.69 Å². The van der Waals surface area contributed by atoms with Crippen molar-refractivity contribution in [3.8, 4) is 11.3 Å². The van der Waals surface area contributed by atoms with Gasteiger partial charge in [0.2, 0.25) is 5.43 Å². The van der Waals surface area contributed by atoms with E-state index >= 15 is 0 Å². The standard InChI is InChI=1S/C12H7Cl2F3N2OS/c1-19-10(12(15,16)17)4-8(20)11(18-19)5-2-9(21)7(14)3-6(5)13/h2-4,21H,1H3. The fourth-order valence-corrected chi connectivity index (χ4v) is 2.38. The summed E-state index contributed by atoms with van der Waals surface area (Å²) < 4.78 is 38.7. The zero-order valence-electron chi connectivity index (χ0n) is 10.4. The van der Waals surface area contributed by atoms with Crippen LogP contribution < -0.4 is 5.43 Å². The van der Waals surface area contributed by atoms with E-state index in [1.165, 1.54) is 12.1 Å². The van der Waals surface area contributed by atoms with Gasteiger partial charge in [-0.05, 0) is 12.1 Å². The van der Waals surface area contributed by atoms with Crippen LogP contribution >= 0.6 is 35.8 Å². The highest BCUT2D eigenvalue weighted by molar-refractivity contribution is 7.80. The van der Waals surface area contributed by atoms with Gasteiger partial charge < -0.3 is 0 Å². The van der Waals surface area contributed by atoms with E-state index in [1.807, 2.05) is 0 Å². The van der Waals surface area contributed by atoms with E-state index in [2.05, 4.69) is 17.7 Å². The molecule has 0 saturated heterocycles. The Kier molecular flexibility index (Phi) is 4.28. The Morgan fingerprint density at radius 2 is 1.81 bits per heavy atom. The van der Waals surface area contributed by atoms with Crippen molar-refractivity contribution >= 4 is 35.8 Å². The molecule has 1 aromatic carbocycles. The van der Waals surface area contributed by atoms with E-state index in [4.69, 9.17) is 23.2 Å². The molecule has 0 bridgehead atoms. The van der Waals surface area contributed by atoms with Crippen molar-refractivity contribution in [1.29, 1.82) is 0 Å². The van der Waals surface area contributed by atoms with Crippen LogP contribution in [0.2, 0.25) is 10.0 Å². The van der Waals surface area contributed by atoms with Crippen LogP contribution in [0.15, 0.2) is 27.9 Å². The molecule has 9 heteroatoms. The molecule has 0 aliphatic carbocycles. The van der Waals surface area contributed by atoms with Gasteiger partial charge in [-0.3, -0.25) is 9.48 Å². The second-order valence-electron chi connectivity index (χ2n) is 4.15. The summed E-state index contributed by atoms with van der Waals surface area (Å²) in [6, 6.07) is 3.20. The Morgan fingerprint density at radius 1 is 1.19 bits per heavy atom. The van der Waals surface area contributed by atoms with E-state index in [9.17, 15) is 18.0 Å². The van der Waals surface area contributed by atoms with Crippen molar-refractivity contribution in [2.45, 2.75) is 11.1 Å². The first-order valence-electron chi connectivity index (χ1n) is 5.45. The molecular formula is C12H7Cl2F3N2OS. The third-order valence-corrected chi connectivity index (χ3v) is 3.81. The van der Waals surface area contributed by atoms with E-state index in [0.29, 0.717) is 15.6 Å². The van der Waals surface area contributed by atoms with Gasteiger partial charge in [0.15, 0.2) is 0 Å². The van der Waals surface area contributed by atoms with Crippen LogP contribution in [0.3, 0.4) is 0 Å². The topological polar surface area (TPSA) is 34.9 Å². The summed E-state index contributed by atoms with van der Waals surface area (Å²) in [5, 5.41) is 4.02. The van der Waals surface area contributed by atoms with E-state index in [1.54, 1.807) is 0 Å². The average molecular weight is 355 g/mol. The Labute approximate surface area is 132 Å². The van der Waals surface area contributed by atoms with Gasteiger partial charge in [-0.2, -0.15) is 18.3 Å². The van der Waals surface area contributed by atoms with Crippen molar-refractivity contribution in [2.24, 2.45) is 7.05 Å². The molecule has 0 unspecified atom stereocenters. The largest absolute Gasteiger partial charge is 0.433 e. The second kappa shape index (κ2) is 5.55. The van der Waals surface area contributed by atoms with Crippen molar-refractivity contribution in [3.05, 3.63) is 44.2 Å². The molecule has 1 heterocycles. The minimum atomic E-state index is -4.67. The summed E-state index contributed by atoms with van der Waals surface area (Å²) in [4.78, 5) is 12.2. The lowest BCUT2D eigenvalue weighted by molar-refractivity contribution is -0.144. The third-order valence-electron chi connectivity index (χ3n) is 2.68. The molecule has 0 aliphatic heterocycles. The molecule has 0 radical (unpaired) electrons. The first-order chi connectivity index (χ1) is 9.61. The van der Waals surface area contributed by atoms with Crippen LogP contribution in [-0.4, -0.2) is 9.78 Å². The van der Waals surface area contributed by atoms with Gasteiger partial charge in [0, 0.05) is 23.6 Å². The molecular weight excluding hydrogens is 348 g/mol. The maximum atomic E-state index is 12.7. The van der Waals surface area contributed by atoms with E-state index in [0.717, 1.165) is 7.05 Å². The van der Waals surface area contributed by atoms with Gasteiger partial charge >= 0.3 is 6.18 Å². The highest BCUT2D eigenvalue weighted by atomic mass is 35.5. The van der Waals surface area contributed by atoms with Crippen LogP contribution in [-0.2, 0) is 13.2 Å². The summed E-state index contributed by atoms with van der Waals surface area (Å²) in [6.07, 6.45) is -4.67. The molecule has 3 nitrogen and oxygen atoms in total. The first kappa shape index (κ1) is 16.2. The number of alkyl halides is 3. The molecule has 21 heavy (non-hydrogen) atoms. The molecule has 0 spiro atoms. The Balaban J connectivity index is 2.70. The van der Waals surface area contributed by atoms with Crippen LogP contribution in [0.4, 0.5) is 13.2 Å². The first-order valence-corrected chi connectivity index (χ1v) is 6.65. The van der Waals surface area contributed by atoms with Gasteiger partial charge in [-0.25, -0.2) is 0 Å². The highest BCUT2D eigenvalue weighted by Crippen LogP contribution is 2.33. The van der Waals surface area contributed by atoms with E-state index in [-0.39, 0.29) is 21.3 Å². The quantitative estimate of drug-likeness (QED) is 0.783. The summed E-state index contributed by atoms with van der Waals surface area (Å²) in [5.74, 6) is 0. The number of halogens is 5. The number of rotatable bonds is 1. The Bertz CT molecular complexity index is 774. The number of benzene rings is 1. The summed E-state index contributed by atoms with van der Waals surface area (Å²) in [5.41, 5.74) is -2.08. The number of nitrogens with zero attached hydrogens (tertiary/aromatic N) is 2. The lowest BCUT2D eigenvalue weighted by Gasteiger charge is -2.13. The van der Waals surface area contributed by atoms with Crippen molar-refractivity contribution < 1.29 is 13.2 Å². The molecule has 112 valence electrons. The molecule has 0 fully saturated rings. The molecule has 0 N–H and O–H groups in total. The summed E-state index contributed by atoms with van der Waals surface area (Å²) in [7, 11) is 1.09. The minimum Gasteiger partial charge on any atom is -0.287 e.